The van der Waals surface area contributed by atoms with Crippen molar-refractivity contribution in [2.24, 2.45) is 0 Å². The minimum Gasteiger partial charge on any atom is -0.384 e. The molecule has 0 fully saturated rings. The van der Waals surface area contributed by atoms with Crippen LogP contribution in [0, 0.1) is 0 Å². The average molecular weight is 382 g/mol. The van der Waals surface area contributed by atoms with E-state index < -0.39 is 0 Å². The van der Waals surface area contributed by atoms with Gasteiger partial charge in [-0.15, -0.1) is 0 Å². The molecule has 2 rings (SSSR count). The molecule has 0 aliphatic carbocycles. The van der Waals surface area contributed by atoms with E-state index in [1.807, 2.05) is 24.3 Å². The minimum absolute atomic E-state index is 0.0134. The molecule has 28 heavy (non-hydrogen) atoms. The molecule has 0 saturated heterocycles. The van der Waals surface area contributed by atoms with Crippen LogP contribution in [-0.4, -0.2) is 18.4 Å². The van der Waals surface area contributed by atoms with E-state index >= 15 is 0 Å². The Hall–Kier alpha value is -2.82. The van der Waals surface area contributed by atoms with Crippen molar-refractivity contribution in [2.75, 3.05) is 22.5 Å². The number of para-hydroxylation sites is 1. The molecule has 0 unspecified atom stereocenters. The first-order chi connectivity index (χ1) is 13.3. The average Bonchev–Trinajstić information content (AvgIpc) is 2.61. The van der Waals surface area contributed by atoms with Gasteiger partial charge < -0.3 is 16.0 Å². The van der Waals surface area contributed by atoms with Gasteiger partial charge in [0.2, 0.25) is 11.8 Å². The molecule has 2 aromatic carbocycles. The predicted octanol–water partition coefficient (Wildman–Crippen LogP) is 5.33. The van der Waals surface area contributed by atoms with Gasteiger partial charge in [-0.05, 0) is 41.2 Å². The summed E-state index contributed by atoms with van der Waals surface area (Å²) in [6.07, 6.45) is 0.355. The molecule has 0 bridgehead atoms. The van der Waals surface area contributed by atoms with Crippen molar-refractivity contribution in [2.45, 2.75) is 52.9 Å². The lowest BCUT2D eigenvalue weighted by Crippen LogP contribution is -2.19. The summed E-state index contributed by atoms with van der Waals surface area (Å²) in [5.41, 5.74) is 4.87. The number of carbonyl (C=O) groups is 2. The van der Waals surface area contributed by atoms with Crippen molar-refractivity contribution in [1.82, 2.24) is 0 Å². The Morgan fingerprint density at radius 1 is 0.857 bits per heavy atom. The maximum atomic E-state index is 12.6. The number of rotatable bonds is 8. The molecule has 0 saturated carbocycles. The van der Waals surface area contributed by atoms with Crippen molar-refractivity contribution in [3.63, 3.8) is 0 Å². The Kier molecular flexibility index (Phi) is 7.61. The summed E-state index contributed by atoms with van der Waals surface area (Å²) in [4.78, 5) is 23.7. The second-order valence-corrected chi connectivity index (χ2v) is 7.61. The molecule has 0 radical (unpaired) electrons. The first-order valence-corrected chi connectivity index (χ1v) is 9.82. The molecular formula is C23H31N3O2. The molecule has 0 aliphatic heterocycles. The van der Waals surface area contributed by atoms with Gasteiger partial charge in [0.1, 0.15) is 0 Å². The van der Waals surface area contributed by atoms with Gasteiger partial charge in [-0.1, -0.05) is 52.0 Å². The van der Waals surface area contributed by atoms with Crippen molar-refractivity contribution in [3.8, 4) is 0 Å². The highest BCUT2D eigenvalue weighted by Gasteiger charge is 2.15. The molecule has 3 N–H and O–H groups in total. The summed E-state index contributed by atoms with van der Waals surface area (Å²) in [6, 6.07) is 13.7. The zero-order valence-corrected chi connectivity index (χ0v) is 17.4. The standard InChI is InChI=1S/C23H31N3O2/c1-15(2)20-10-7-11-21(16(3)4)23(20)26-22(28)12-13-24-18-8-6-9-19(14-18)25-17(5)27/h6-11,14-16,24H,12-13H2,1-5H3,(H,25,27)(H,26,28). The van der Waals surface area contributed by atoms with Crippen molar-refractivity contribution in [1.29, 1.82) is 0 Å². The SMILES string of the molecule is CC(=O)Nc1cccc(NCCC(=O)Nc2c(C(C)C)cccc2C(C)C)c1. The van der Waals surface area contributed by atoms with Gasteiger partial charge in [-0.3, -0.25) is 9.59 Å². The van der Waals surface area contributed by atoms with Crippen LogP contribution in [-0.2, 0) is 9.59 Å². The molecule has 5 heteroatoms. The summed E-state index contributed by atoms with van der Waals surface area (Å²) in [5, 5.41) is 9.12. The largest absolute Gasteiger partial charge is 0.384 e. The third-order valence-corrected chi connectivity index (χ3v) is 4.50. The highest BCUT2D eigenvalue weighted by atomic mass is 16.2. The van der Waals surface area contributed by atoms with E-state index in [1.54, 1.807) is 0 Å². The van der Waals surface area contributed by atoms with Crippen LogP contribution in [0.2, 0.25) is 0 Å². The number of anilines is 3. The van der Waals surface area contributed by atoms with Crippen molar-refractivity contribution >= 4 is 28.9 Å². The van der Waals surface area contributed by atoms with Gasteiger partial charge in [0, 0.05) is 37.0 Å². The lowest BCUT2D eigenvalue weighted by molar-refractivity contribution is -0.116. The van der Waals surface area contributed by atoms with Crippen LogP contribution >= 0.6 is 0 Å². The number of amides is 2. The Balaban J connectivity index is 1.99. The van der Waals surface area contributed by atoms with Crippen LogP contribution in [0.4, 0.5) is 17.1 Å². The van der Waals surface area contributed by atoms with E-state index in [0.717, 1.165) is 28.2 Å². The smallest absolute Gasteiger partial charge is 0.226 e. The van der Waals surface area contributed by atoms with E-state index in [0.29, 0.717) is 24.8 Å². The Morgan fingerprint density at radius 3 is 2.00 bits per heavy atom. The van der Waals surface area contributed by atoms with E-state index in [2.05, 4.69) is 61.8 Å². The van der Waals surface area contributed by atoms with E-state index in [1.165, 1.54) is 6.92 Å². The summed E-state index contributed by atoms with van der Waals surface area (Å²) in [7, 11) is 0. The molecule has 5 nitrogen and oxygen atoms in total. The maximum Gasteiger partial charge on any atom is 0.226 e. The number of nitrogens with one attached hydrogen (secondary N) is 3. The monoisotopic (exact) mass is 381 g/mol. The molecule has 150 valence electrons. The van der Waals surface area contributed by atoms with Gasteiger partial charge in [0.15, 0.2) is 0 Å². The lowest BCUT2D eigenvalue weighted by Gasteiger charge is -2.20. The summed E-state index contributed by atoms with van der Waals surface area (Å²) >= 11 is 0. The second-order valence-electron chi connectivity index (χ2n) is 7.61. The zero-order valence-electron chi connectivity index (χ0n) is 17.4. The number of hydrogen-bond donors (Lipinski definition) is 3. The van der Waals surface area contributed by atoms with Crippen LogP contribution < -0.4 is 16.0 Å². The molecule has 0 aromatic heterocycles. The van der Waals surface area contributed by atoms with Crippen LogP contribution in [0.25, 0.3) is 0 Å². The molecule has 2 amide bonds. The number of hydrogen-bond acceptors (Lipinski definition) is 3. The van der Waals surface area contributed by atoms with Gasteiger partial charge >= 0.3 is 0 Å². The minimum atomic E-state index is -0.110. The molecular weight excluding hydrogens is 350 g/mol. The maximum absolute atomic E-state index is 12.6. The summed E-state index contributed by atoms with van der Waals surface area (Å²) in [5.74, 6) is 0.550. The normalized spacial score (nSPS) is 10.8. The van der Waals surface area contributed by atoms with Crippen molar-refractivity contribution < 1.29 is 9.59 Å². The first-order valence-electron chi connectivity index (χ1n) is 9.82. The quantitative estimate of drug-likeness (QED) is 0.578. The highest BCUT2D eigenvalue weighted by molar-refractivity contribution is 5.93. The third kappa shape index (κ3) is 6.12. The number of carbonyl (C=O) groups excluding carboxylic acids is 2. The molecule has 2 aromatic rings. The highest BCUT2D eigenvalue weighted by Crippen LogP contribution is 2.32. The second kappa shape index (κ2) is 9.93. The summed E-state index contributed by atoms with van der Waals surface area (Å²) in [6.45, 7) is 10.5. The molecule has 0 atom stereocenters. The predicted molar refractivity (Wildman–Crippen MR) is 117 cm³/mol. The topological polar surface area (TPSA) is 70.2 Å². The first kappa shape index (κ1) is 21.5. The van der Waals surface area contributed by atoms with Crippen LogP contribution in [0.3, 0.4) is 0 Å². The van der Waals surface area contributed by atoms with Crippen LogP contribution in [0.5, 0.6) is 0 Å². The third-order valence-electron chi connectivity index (χ3n) is 4.50. The van der Waals surface area contributed by atoms with Gasteiger partial charge in [0.05, 0.1) is 0 Å². The fraction of sp³-hybridized carbons (Fsp3) is 0.391. The number of benzene rings is 2. The Bertz CT molecular complexity index is 802. The fourth-order valence-electron chi connectivity index (χ4n) is 3.13. The van der Waals surface area contributed by atoms with Gasteiger partial charge in [0.25, 0.3) is 0 Å². The van der Waals surface area contributed by atoms with Crippen LogP contribution in [0.1, 0.15) is 64.0 Å². The zero-order chi connectivity index (χ0) is 20.7. The molecule has 0 heterocycles. The molecule has 0 spiro atoms. The Labute approximate surface area is 167 Å². The van der Waals surface area contributed by atoms with Crippen molar-refractivity contribution in [3.05, 3.63) is 53.6 Å². The van der Waals surface area contributed by atoms with Crippen LogP contribution in [0.15, 0.2) is 42.5 Å². The lowest BCUT2D eigenvalue weighted by atomic mass is 9.92. The Morgan fingerprint density at radius 2 is 1.43 bits per heavy atom. The van der Waals surface area contributed by atoms with Gasteiger partial charge in [-0.2, -0.15) is 0 Å². The fourth-order valence-corrected chi connectivity index (χ4v) is 3.13. The van der Waals surface area contributed by atoms with E-state index in [4.69, 9.17) is 0 Å². The summed E-state index contributed by atoms with van der Waals surface area (Å²) < 4.78 is 0. The van der Waals surface area contributed by atoms with E-state index in [-0.39, 0.29) is 11.8 Å². The molecule has 0 aliphatic rings. The van der Waals surface area contributed by atoms with Gasteiger partial charge in [-0.25, -0.2) is 0 Å². The van der Waals surface area contributed by atoms with E-state index in [9.17, 15) is 9.59 Å².